The van der Waals surface area contributed by atoms with Gasteiger partial charge in [-0.1, -0.05) is 54.6 Å². The number of hydrogen-bond donors (Lipinski definition) is 1. The molecule has 20 heavy (non-hydrogen) atoms. The van der Waals surface area contributed by atoms with Crippen molar-refractivity contribution in [2.45, 2.75) is 38.1 Å². The molecule has 1 fully saturated rings. The number of nitrogens with one attached hydrogen (secondary N) is 1. The Bertz CT molecular complexity index is 543. The van der Waals surface area contributed by atoms with Crippen molar-refractivity contribution in [1.82, 2.24) is 5.32 Å². The highest BCUT2D eigenvalue weighted by Gasteiger charge is 2.23. The Morgan fingerprint density at radius 2 is 1.70 bits per heavy atom. The van der Waals surface area contributed by atoms with Crippen molar-refractivity contribution >= 4 is 0 Å². The molecule has 1 saturated carbocycles. The maximum atomic E-state index is 3.70. The van der Waals surface area contributed by atoms with Crippen molar-refractivity contribution in [3.63, 3.8) is 0 Å². The lowest BCUT2D eigenvalue weighted by Gasteiger charge is -2.20. The molecule has 1 aliphatic rings. The van der Waals surface area contributed by atoms with Gasteiger partial charge in [0.25, 0.3) is 0 Å². The minimum absolute atomic E-state index is 0.569. The minimum atomic E-state index is 0.569. The zero-order valence-electron chi connectivity index (χ0n) is 12.2. The zero-order chi connectivity index (χ0) is 13.8. The van der Waals surface area contributed by atoms with Crippen molar-refractivity contribution in [1.29, 1.82) is 0 Å². The molecule has 1 unspecified atom stereocenters. The van der Waals surface area contributed by atoms with Crippen LogP contribution in [0.5, 0.6) is 0 Å². The molecule has 0 saturated heterocycles. The molecule has 0 spiro atoms. The molecular formula is C19H23N. The van der Waals surface area contributed by atoms with E-state index in [2.05, 4.69) is 66.8 Å². The van der Waals surface area contributed by atoms with Gasteiger partial charge in [0.05, 0.1) is 0 Å². The molecule has 1 heteroatoms. The molecule has 2 aromatic carbocycles. The van der Waals surface area contributed by atoms with E-state index in [1.165, 1.54) is 29.5 Å². The van der Waals surface area contributed by atoms with Crippen LogP contribution < -0.4 is 5.32 Å². The molecule has 104 valence electrons. The highest BCUT2D eigenvalue weighted by atomic mass is 14.9. The summed E-state index contributed by atoms with van der Waals surface area (Å²) in [6.45, 7) is 3.31. The Labute approximate surface area is 122 Å². The van der Waals surface area contributed by atoms with Crippen LogP contribution in [0.3, 0.4) is 0 Å². The van der Waals surface area contributed by atoms with Gasteiger partial charge in [0.1, 0.15) is 0 Å². The average molecular weight is 265 g/mol. The third kappa shape index (κ3) is 3.49. The summed E-state index contributed by atoms with van der Waals surface area (Å²) >= 11 is 0. The van der Waals surface area contributed by atoms with E-state index in [-0.39, 0.29) is 0 Å². The Hall–Kier alpha value is -1.60. The molecule has 0 aromatic heterocycles. The summed E-state index contributed by atoms with van der Waals surface area (Å²) in [5, 5.41) is 3.70. The summed E-state index contributed by atoms with van der Waals surface area (Å²) in [4.78, 5) is 0. The molecule has 2 aromatic rings. The first kappa shape index (κ1) is 13.4. The van der Waals surface area contributed by atoms with Gasteiger partial charge in [0.15, 0.2) is 0 Å². The van der Waals surface area contributed by atoms with E-state index in [1.807, 2.05) is 0 Å². The SMILES string of the molecule is Cc1ccccc1C(CNC1CC1)Cc1ccccc1. The zero-order valence-corrected chi connectivity index (χ0v) is 12.2. The van der Waals surface area contributed by atoms with Gasteiger partial charge >= 0.3 is 0 Å². The fourth-order valence-electron chi connectivity index (χ4n) is 2.83. The van der Waals surface area contributed by atoms with Crippen LogP contribution in [0.1, 0.15) is 35.4 Å². The molecule has 0 radical (unpaired) electrons. The first-order valence-corrected chi connectivity index (χ1v) is 7.66. The second-order valence-electron chi connectivity index (χ2n) is 5.93. The lowest BCUT2D eigenvalue weighted by atomic mass is 9.89. The third-order valence-corrected chi connectivity index (χ3v) is 4.18. The molecule has 0 amide bonds. The molecule has 3 rings (SSSR count). The van der Waals surface area contributed by atoms with Gasteiger partial charge in [-0.05, 0) is 42.9 Å². The van der Waals surface area contributed by atoms with Gasteiger partial charge in [-0.2, -0.15) is 0 Å². The predicted molar refractivity (Wildman–Crippen MR) is 85.1 cm³/mol. The third-order valence-electron chi connectivity index (χ3n) is 4.18. The summed E-state index contributed by atoms with van der Waals surface area (Å²) in [5.41, 5.74) is 4.33. The van der Waals surface area contributed by atoms with Gasteiger partial charge < -0.3 is 5.32 Å². The Balaban J connectivity index is 1.77. The van der Waals surface area contributed by atoms with Gasteiger partial charge in [-0.25, -0.2) is 0 Å². The van der Waals surface area contributed by atoms with Gasteiger partial charge in [-0.15, -0.1) is 0 Å². The van der Waals surface area contributed by atoms with Crippen LogP contribution in [0, 0.1) is 6.92 Å². The molecule has 1 N–H and O–H groups in total. The molecular weight excluding hydrogens is 242 g/mol. The van der Waals surface area contributed by atoms with Crippen LogP contribution in [-0.4, -0.2) is 12.6 Å². The van der Waals surface area contributed by atoms with E-state index < -0.39 is 0 Å². The first-order valence-electron chi connectivity index (χ1n) is 7.66. The Kier molecular flexibility index (Phi) is 4.17. The normalized spacial score (nSPS) is 16.1. The van der Waals surface area contributed by atoms with Crippen molar-refractivity contribution in [2.24, 2.45) is 0 Å². The molecule has 0 aliphatic heterocycles. The molecule has 0 heterocycles. The Morgan fingerprint density at radius 1 is 1.00 bits per heavy atom. The minimum Gasteiger partial charge on any atom is -0.313 e. The first-order chi connectivity index (χ1) is 9.83. The number of benzene rings is 2. The lowest BCUT2D eigenvalue weighted by Crippen LogP contribution is -2.25. The summed E-state index contributed by atoms with van der Waals surface area (Å²) < 4.78 is 0. The van der Waals surface area contributed by atoms with E-state index in [0.717, 1.165) is 19.0 Å². The second kappa shape index (κ2) is 6.23. The fraction of sp³-hybridized carbons (Fsp3) is 0.368. The fourth-order valence-corrected chi connectivity index (χ4v) is 2.83. The van der Waals surface area contributed by atoms with Gasteiger partial charge in [0.2, 0.25) is 0 Å². The van der Waals surface area contributed by atoms with Crippen LogP contribution in [0.25, 0.3) is 0 Å². The number of aryl methyl sites for hydroxylation is 1. The highest BCUT2D eigenvalue weighted by molar-refractivity contribution is 5.31. The lowest BCUT2D eigenvalue weighted by molar-refractivity contribution is 0.575. The molecule has 0 bridgehead atoms. The topological polar surface area (TPSA) is 12.0 Å². The van der Waals surface area contributed by atoms with Crippen molar-refractivity contribution in [3.05, 3.63) is 71.3 Å². The van der Waals surface area contributed by atoms with E-state index >= 15 is 0 Å². The summed E-state index contributed by atoms with van der Waals surface area (Å²) in [6, 6.07) is 20.4. The van der Waals surface area contributed by atoms with E-state index in [1.54, 1.807) is 0 Å². The van der Waals surface area contributed by atoms with E-state index in [4.69, 9.17) is 0 Å². The van der Waals surface area contributed by atoms with Gasteiger partial charge in [-0.3, -0.25) is 0 Å². The van der Waals surface area contributed by atoms with E-state index in [9.17, 15) is 0 Å². The maximum absolute atomic E-state index is 3.70. The second-order valence-corrected chi connectivity index (χ2v) is 5.93. The van der Waals surface area contributed by atoms with Crippen LogP contribution in [0.15, 0.2) is 54.6 Å². The largest absolute Gasteiger partial charge is 0.313 e. The summed E-state index contributed by atoms with van der Waals surface area (Å²) in [5.74, 6) is 0.569. The van der Waals surface area contributed by atoms with Crippen LogP contribution in [0.4, 0.5) is 0 Å². The van der Waals surface area contributed by atoms with Crippen molar-refractivity contribution in [2.75, 3.05) is 6.54 Å². The van der Waals surface area contributed by atoms with Crippen LogP contribution in [-0.2, 0) is 6.42 Å². The molecule has 1 nitrogen and oxygen atoms in total. The van der Waals surface area contributed by atoms with E-state index in [0.29, 0.717) is 5.92 Å². The predicted octanol–water partition coefficient (Wildman–Crippen LogP) is 4.07. The van der Waals surface area contributed by atoms with Crippen LogP contribution >= 0.6 is 0 Å². The molecule has 1 aliphatic carbocycles. The highest BCUT2D eigenvalue weighted by Crippen LogP contribution is 2.26. The summed E-state index contributed by atoms with van der Waals surface area (Å²) in [6.07, 6.45) is 3.82. The Morgan fingerprint density at radius 3 is 2.40 bits per heavy atom. The average Bonchev–Trinajstić information content (AvgIpc) is 3.29. The maximum Gasteiger partial charge on any atom is 0.00684 e. The monoisotopic (exact) mass is 265 g/mol. The smallest absolute Gasteiger partial charge is 0.00684 e. The number of hydrogen-bond acceptors (Lipinski definition) is 1. The van der Waals surface area contributed by atoms with Gasteiger partial charge in [0, 0.05) is 18.5 Å². The quantitative estimate of drug-likeness (QED) is 0.830. The van der Waals surface area contributed by atoms with Crippen LogP contribution in [0.2, 0.25) is 0 Å². The summed E-state index contributed by atoms with van der Waals surface area (Å²) in [7, 11) is 0. The van der Waals surface area contributed by atoms with Crippen molar-refractivity contribution in [3.8, 4) is 0 Å². The number of rotatable bonds is 6. The van der Waals surface area contributed by atoms with Crippen molar-refractivity contribution < 1.29 is 0 Å². The standard InChI is InChI=1S/C19H23N/c1-15-7-5-6-10-19(15)17(14-20-18-11-12-18)13-16-8-3-2-4-9-16/h2-10,17-18,20H,11-14H2,1H3. The molecule has 1 atom stereocenters.